The number of benzene rings is 2. The molecule has 2 nitrogen and oxygen atoms in total. The van der Waals surface area contributed by atoms with Crippen molar-refractivity contribution in [2.45, 2.75) is 25.9 Å². The lowest BCUT2D eigenvalue weighted by Crippen LogP contribution is -2.43. The largest absolute Gasteiger partial charge is 0.381 e. The van der Waals surface area contributed by atoms with Crippen molar-refractivity contribution >= 4 is 11.4 Å². The highest BCUT2D eigenvalue weighted by Gasteiger charge is 2.24. The third-order valence-electron chi connectivity index (χ3n) is 3.85. The number of para-hydroxylation sites is 2. The van der Waals surface area contributed by atoms with Crippen molar-refractivity contribution in [3.05, 3.63) is 60.2 Å². The zero-order valence-electron chi connectivity index (χ0n) is 11.3. The van der Waals surface area contributed by atoms with Gasteiger partial charge >= 0.3 is 0 Å². The Labute approximate surface area is 115 Å². The van der Waals surface area contributed by atoms with E-state index in [2.05, 4.69) is 71.7 Å². The van der Waals surface area contributed by atoms with Gasteiger partial charge in [-0.1, -0.05) is 49.4 Å². The second-order valence-corrected chi connectivity index (χ2v) is 5.07. The summed E-state index contributed by atoms with van der Waals surface area (Å²) in [6, 6.07) is 19.9. The van der Waals surface area contributed by atoms with Crippen molar-refractivity contribution in [3.8, 4) is 0 Å². The lowest BCUT2D eigenvalue weighted by atomic mass is 10.1. The topological polar surface area (TPSA) is 15.3 Å². The van der Waals surface area contributed by atoms with Crippen LogP contribution in [-0.4, -0.2) is 12.6 Å². The minimum atomic E-state index is 0.565. The van der Waals surface area contributed by atoms with E-state index in [9.17, 15) is 0 Å². The van der Waals surface area contributed by atoms with Crippen LogP contribution in [0.2, 0.25) is 0 Å². The van der Waals surface area contributed by atoms with Gasteiger partial charge in [-0.2, -0.15) is 0 Å². The summed E-state index contributed by atoms with van der Waals surface area (Å²) in [6.07, 6.45) is 1.16. The Morgan fingerprint density at radius 2 is 1.79 bits per heavy atom. The van der Waals surface area contributed by atoms with Gasteiger partial charge < -0.3 is 10.2 Å². The fraction of sp³-hybridized carbons (Fsp3) is 0.294. The Morgan fingerprint density at radius 1 is 1.05 bits per heavy atom. The number of hydrogen-bond acceptors (Lipinski definition) is 2. The number of hydrogen-bond donors (Lipinski definition) is 1. The first-order valence-electron chi connectivity index (χ1n) is 7.02. The van der Waals surface area contributed by atoms with Gasteiger partial charge in [0.15, 0.2) is 0 Å². The van der Waals surface area contributed by atoms with Crippen molar-refractivity contribution in [1.82, 2.24) is 0 Å². The molecule has 98 valence electrons. The average Bonchev–Trinajstić information content (AvgIpc) is 2.49. The van der Waals surface area contributed by atoms with Crippen molar-refractivity contribution in [3.63, 3.8) is 0 Å². The van der Waals surface area contributed by atoms with E-state index >= 15 is 0 Å². The van der Waals surface area contributed by atoms with Crippen LogP contribution in [0.1, 0.15) is 18.9 Å². The van der Waals surface area contributed by atoms with Gasteiger partial charge in [0.1, 0.15) is 0 Å². The summed E-state index contributed by atoms with van der Waals surface area (Å²) >= 11 is 0. The first-order chi connectivity index (χ1) is 9.38. The van der Waals surface area contributed by atoms with Gasteiger partial charge in [-0.25, -0.2) is 0 Å². The Hall–Kier alpha value is -1.96. The quantitative estimate of drug-likeness (QED) is 0.891. The van der Waals surface area contributed by atoms with E-state index < -0.39 is 0 Å². The molecule has 0 saturated carbocycles. The van der Waals surface area contributed by atoms with Gasteiger partial charge in [0, 0.05) is 19.1 Å². The molecule has 2 aromatic carbocycles. The Balaban J connectivity index is 1.92. The number of fused-ring (bicyclic) bond motifs is 1. The van der Waals surface area contributed by atoms with Crippen LogP contribution in [0.15, 0.2) is 54.6 Å². The molecule has 2 aromatic rings. The summed E-state index contributed by atoms with van der Waals surface area (Å²) in [5, 5.41) is 3.54. The molecule has 0 bridgehead atoms. The standard InChI is InChI=1S/C17H20N2/c1-2-15-12-18-16-10-6-7-11-17(16)19(15)13-14-8-4-3-5-9-14/h3-11,15,18H,2,12-13H2,1H3. The number of nitrogens with one attached hydrogen (secondary N) is 1. The predicted molar refractivity (Wildman–Crippen MR) is 81.6 cm³/mol. The number of nitrogens with zero attached hydrogens (tertiary/aromatic N) is 1. The third-order valence-corrected chi connectivity index (χ3v) is 3.85. The Morgan fingerprint density at radius 3 is 2.58 bits per heavy atom. The van der Waals surface area contributed by atoms with Crippen LogP contribution in [0.5, 0.6) is 0 Å². The van der Waals surface area contributed by atoms with E-state index in [-0.39, 0.29) is 0 Å². The summed E-state index contributed by atoms with van der Waals surface area (Å²) in [6.45, 7) is 4.27. The molecule has 0 aliphatic carbocycles. The fourth-order valence-corrected chi connectivity index (χ4v) is 2.77. The van der Waals surface area contributed by atoms with E-state index in [0.717, 1.165) is 19.5 Å². The maximum absolute atomic E-state index is 3.54. The SMILES string of the molecule is CCC1CNc2ccccc2N1Cc1ccccc1. The normalized spacial score (nSPS) is 17.7. The van der Waals surface area contributed by atoms with Gasteiger partial charge in [0.05, 0.1) is 11.4 Å². The summed E-state index contributed by atoms with van der Waals surface area (Å²) in [5.74, 6) is 0. The highest BCUT2D eigenvalue weighted by Crippen LogP contribution is 2.33. The van der Waals surface area contributed by atoms with Crippen LogP contribution >= 0.6 is 0 Å². The van der Waals surface area contributed by atoms with E-state index in [4.69, 9.17) is 0 Å². The summed E-state index contributed by atoms with van der Waals surface area (Å²) in [7, 11) is 0. The van der Waals surface area contributed by atoms with Crippen molar-refractivity contribution in [2.75, 3.05) is 16.8 Å². The van der Waals surface area contributed by atoms with Crippen molar-refractivity contribution in [1.29, 1.82) is 0 Å². The molecular weight excluding hydrogens is 232 g/mol. The molecule has 19 heavy (non-hydrogen) atoms. The lowest BCUT2D eigenvalue weighted by Gasteiger charge is -2.39. The molecule has 0 aromatic heterocycles. The number of rotatable bonds is 3. The minimum Gasteiger partial charge on any atom is -0.381 e. The van der Waals surface area contributed by atoms with E-state index in [0.29, 0.717) is 6.04 Å². The predicted octanol–water partition coefficient (Wildman–Crippen LogP) is 3.90. The maximum Gasteiger partial charge on any atom is 0.0608 e. The van der Waals surface area contributed by atoms with Crippen LogP contribution in [-0.2, 0) is 6.54 Å². The zero-order valence-corrected chi connectivity index (χ0v) is 11.3. The van der Waals surface area contributed by atoms with Crippen molar-refractivity contribution in [2.24, 2.45) is 0 Å². The molecule has 1 heterocycles. The fourth-order valence-electron chi connectivity index (χ4n) is 2.77. The molecule has 1 atom stereocenters. The van der Waals surface area contributed by atoms with Gasteiger partial charge in [-0.15, -0.1) is 0 Å². The summed E-state index contributed by atoms with van der Waals surface area (Å²) < 4.78 is 0. The summed E-state index contributed by atoms with van der Waals surface area (Å²) in [4.78, 5) is 2.53. The van der Waals surface area contributed by atoms with E-state index in [1.165, 1.54) is 16.9 Å². The van der Waals surface area contributed by atoms with Crippen LogP contribution < -0.4 is 10.2 Å². The van der Waals surface area contributed by atoms with Crippen LogP contribution in [0.3, 0.4) is 0 Å². The Kier molecular flexibility index (Phi) is 3.41. The molecule has 1 unspecified atom stereocenters. The molecule has 1 N–H and O–H groups in total. The molecular formula is C17H20N2. The highest BCUT2D eigenvalue weighted by atomic mass is 15.2. The monoisotopic (exact) mass is 252 g/mol. The molecule has 1 aliphatic heterocycles. The van der Waals surface area contributed by atoms with Gasteiger partial charge in [0.25, 0.3) is 0 Å². The third kappa shape index (κ3) is 2.43. The second-order valence-electron chi connectivity index (χ2n) is 5.07. The molecule has 0 fully saturated rings. The second kappa shape index (κ2) is 5.35. The number of anilines is 2. The van der Waals surface area contributed by atoms with Gasteiger partial charge in [0.2, 0.25) is 0 Å². The lowest BCUT2D eigenvalue weighted by molar-refractivity contribution is 0.580. The summed E-state index contributed by atoms with van der Waals surface area (Å²) in [5.41, 5.74) is 3.95. The van der Waals surface area contributed by atoms with Crippen LogP contribution in [0.25, 0.3) is 0 Å². The molecule has 0 spiro atoms. The molecule has 0 saturated heterocycles. The molecule has 2 heteroatoms. The van der Waals surface area contributed by atoms with Crippen LogP contribution in [0, 0.1) is 0 Å². The molecule has 0 radical (unpaired) electrons. The minimum absolute atomic E-state index is 0.565. The van der Waals surface area contributed by atoms with Crippen LogP contribution in [0.4, 0.5) is 11.4 Å². The highest BCUT2D eigenvalue weighted by molar-refractivity contribution is 5.72. The molecule has 0 amide bonds. The first-order valence-corrected chi connectivity index (χ1v) is 7.02. The smallest absolute Gasteiger partial charge is 0.0608 e. The van der Waals surface area contributed by atoms with Crippen molar-refractivity contribution < 1.29 is 0 Å². The first kappa shape index (κ1) is 12.1. The van der Waals surface area contributed by atoms with Gasteiger partial charge in [-0.05, 0) is 24.1 Å². The average molecular weight is 252 g/mol. The van der Waals surface area contributed by atoms with E-state index in [1.54, 1.807) is 0 Å². The maximum atomic E-state index is 3.54. The zero-order chi connectivity index (χ0) is 13.1. The van der Waals surface area contributed by atoms with E-state index in [1.807, 2.05) is 0 Å². The molecule has 3 rings (SSSR count). The van der Waals surface area contributed by atoms with Gasteiger partial charge in [-0.3, -0.25) is 0 Å². The molecule has 1 aliphatic rings. The Bertz CT molecular complexity index is 536.